The summed E-state index contributed by atoms with van der Waals surface area (Å²) in [6, 6.07) is 8.01. The van der Waals surface area contributed by atoms with Gasteiger partial charge >= 0.3 is 0 Å². The Hall–Kier alpha value is -1.06. The monoisotopic (exact) mass is 223 g/mol. The SMILES string of the molecule is CC(O)CNCc1ccc(OC(C)C)cc1. The van der Waals surface area contributed by atoms with Crippen molar-refractivity contribution in [3.05, 3.63) is 29.8 Å². The molecule has 0 spiro atoms. The lowest BCUT2D eigenvalue weighted by Gasteiger charge is -2.11. The first-order valence-corrected chi connectivity index (χ1v) is 5.72. The highest BCUT2D eigenvalue weighted by Gasteiger charge is 1.99. The van der Waals surface area contributed by atoms with Crippen molar-refractivity contribution in [1.82, 2.24) is 5.32 Å². The lowest BCUT2D eigenvalue weighted by Crippen LogP contribution is -2.23. The summed E-state index contributed by atoms with van der Waals surface area (Å²) in [6.07, 6.45) is -0.0947. The van der Waals surface area contributed by atoms with Gasteiger partial charge in [0.05, 0.1) is 12.2 Å². The van der Waals surface area contributed by atoms with Gasteiger partial charge in [-0.05, 0) is 38.5 Å². The van der Waals surface area contributed by atoms with Crippen molar-refractivity contribution in [2.45, 2.75) is 39.5 Å². The molecule has 0 amide bonds. The zero-order chi connectivity index (χ0) is 12.0. The van der Waals surface area contributed by atoms with Crippen molar-refractivity contribution >= 4 is 0 Å². The Morgan fingerprint density at radius 3 is 2.31 bits per heavy atom. The minimum Gasteiger partial charge on any atom is -0.491 e. The molecule has 0 aliphatic carbocycles. The molecule has 0 radical (unpaired) electrons. The Morgan fingerprint density at radius 2 is 1.81 bits per heavy atom. The van der Waals surface area contributed by atoms with E-state index < -0.39 is 0 Å². The first kappa shape index (κ1) is 13.0. The van der Waals surface area contributed by atoms with E-state index in [2.05, 4.69) is 5.32 Å². The van der Waals surface area contributed by atoms with Crippen LogP contribution >= 0.6 is 0 Å². The molecule has 1 aromatic carbocycles. The van der Waals surface area contributed by atoms with E-state index >= 15 is 0 Å². The van der Waals surface area contributed by atoms with Crippen LogP contribution in [0.3, 0.4) is 0 Å². The fourth-order valence-corrected chi connectivity index (χ4v) is 1.38. The van der Waals surface area contributed by atoms with Crippen LogP contribution in [0.5, 0.6) is 5.75 Å². The maximum Gasteiger partial charge on any atom is 0.119 e. The number of ether oxygens (including phenoxy) is 1. The van der Waals surface area contributed by atoms with Crippen LogP contribution < -0.4 is 10.1 Å². The first-order chi connectivity index (χ1) is 7.58. The molecule has 0 aliphatic rings. The molecule has 3 heteroatoms. The molecule has 0 aliphatic heterocycles. The predicted octanol–water partition coefficient (Wildman–Crippen LogP) is 1.94. The first-order valence-electron chi connectivity index (χ1n) is 5.72. The molecular formula is C13H21NO2. The Morgan fingerprint density at radius 1 is 1.19 bits per heavy atom. The van der Waals surface area contributed by atoms with Gasteiger partial charge in [-0.15, -0.1) is 0 Å². The van der Waals surface area contributed by atoms with Crippen molar-refractivity contribution in [2.24, 2.45) is 0 Å². The van der Waals surface area contributed by atoms with E-state index in [1.54, 1.807) is 6.92 Å². The molecule has 1 aromatic rings. The molecule has 16 heavy (non-hydrogen) atoms. The maximum absolute atomic E-state index is 9.09. The molecule has 1 atom stereocenters. The molecule has 2 N–H and O–H groups in total. The van der Waals surface area contributed by atoms with E-state index in [1.807, 2.05) is 38.1 Å². The number of hydrogen-bond acceptors (Lipinski definition) is 3. The fraction of sp³-hybridized carbons (Fsp3) is 0.538. The van der Waals surface area contributed by atoms with E-state index in [1.165, 1.54) is 5.56 Å². The van der Waals surface area contributed by atoms with Gasteiger partial charge in [-0.2, -0.15) is 0 Å². The molecule has 0 saturated carbocycles. The van der Waals surface area contributed by atoms with Crippen molar-refractivity contribution in [1.29, 1.82) is 0 Å². The van der Waals surface area contributed by atoms with Crippen molar-refractivity contribution in [3.63, 3.8) is 0 Å². The van der Waals surface area contributed by atoms with Crippen LogP contribution in [0.25, 0.3) is 0 Å². The number of aliphatic hydroxyl groups is 1. The lowest BCUT2D eigenvalue weighted by atomic mass is 10.2. The maximum atomic E-state index is 9.09. The Kier molecular flexibility index (Phi) is 5.29. The van der Waals surface area contributed by atoms with Crippen LogP contribution in [0.15, 0.2) is 24.3 Å². The minimum absolute atomic E-state index is 0.208. The third kappa shape index (κ3) is 5.14. The van der Waals surface area contributed by atoms with Crippen LogP contribution in [0.4, 0.5) is 0 Å². The molecule has 1 unspecified atom stereocenters. The molecular weight excluding hydrogens is 202 g/mol. The standard InChI is InChI=1S/C13H21NO2/c1-10(2)16-13-6-4-12(5-7-13)9-14-8-11(3)15/h4-7,10-11,14-15H,8-9H2,1-3H3. The second-order valence-corrected chi connectivity index (χ2v) is 4.29. The van der Waals surface area contributed by atoms with Gasteiger partial charge in [0, 0.05) is 13.1 Å². The summed E-state index contributed by atoms with van der Waals surface area (Å²) >= 11 is 0. The van der Waals surface area contributed by atoms with Gasteiger partial charge in [-0.3, -0.25) is 0 Å². The molecule has 0 fully saturated rings. The average Bonchev–Trinajstić information content (AvgIpc) is 2.19. The van der Waals surface area contributed by atoms with E-state index in [0.29, 0.717) is 6.54 Å². The number of benzene rings is 1. The van der Waals surface area contributed by atoms with Gasteiger partial charge in [-0.25, -0.2) is 0 Å². The number of rotatable bonds is 6. The zero-order valence-electron chi connectivity index (χ0n) is 10.2. The van der Waals surface area contributed by atoms with Gasteiger partial charge in [0.1, 0.15) is 5.75 Å². The Labute approximate surface area is 97.4 Å². The zero-order valence-corrected chi connectivity index (χ0v) is 10.2. The predicted molar refractivity (Wildman–Crippen MR) is 65.6 cm³/mol. The largest absolute Gasteiger partial charge is 0.491 e. The van der Waals surface area contributed by atoms with Crippen LogP contribution in [0.1, 0.15) is 26.3 Å². The summed E-state index contributed by atoms with van der Waals surface area (Å²) in [5, 5.41) is 12.3. The summed E-state index contributed by atoms with van der Waals surface area (Å²) in [5.41, 5.74) is 1.19. The van der Waals surface area contributed by atoms with Crippen LogP contribution in [-0.2, 0) is 6.54 Å². The summed E-state index contributed by atoms with van der Waals surface area (Å²) in [5.74, 6) is 0.897. The van der Waals surface area contributed by atoms with E-state index in [9.17, 15) is 0 Å². The molecule has 1 rings (SSSR count). The topological polar surface area (TPSA) is 41.5 Å². The van der Waals surface area contributed by atoms with Gasteiger partial charge in [0.15, 0.2) is 0 Å². The van der Waals surface area contributed by atoms with Crippen molar-refractivity contribution in [3.8, 4) is 5.75 Å². The highest BCUT2D eigenvalue weighted by Crippen LogP contribution is 2.13. The molecule has 3 nitrogen and oxygen atoms in total. The van der Waals surface area contributed by atoms with Gasteiger partial charge in [0.25, 0.3) is 0 Å². The van der Waals surface area contributed by atoms with E-state index in [-0.39, 0.29) is 12.2 Å². The quantitative estimate of drug-likeness (QED) is 0.774. The smallest absolute Gasteiger partial charge is 0.119 e. The van der Waals surface area contributed by atoms with E-state index in [4.69, 9.17) is 9.84 Å². The van der Waals surface area contributed by atoms with Crippen molar-refractivity contribution in [2.75, 3.05) is 6.54 Å². The Bertz CT molecular complexity index is 293. The fourth-order valence-electron chi connectivity index (χ4n) is 1.38. The third-order valence-corrected chi connectivity index (χ3v) is 2.06. The normalized spacial score (nSPS) is 12.8. The van der Waals surface area contributed by atoms with Crippen LogP contribution in [0, 0.1) is 0 Å². The molecule has 0 heterocycles. The molecule has 0 saturated heterocycles. The lowest BCUT2D eigenvalue weighted by molar-refractivity contribution is 0.191. The number of nitrogens with one attached hydrogen (secondary N) is 1. The third-order valence-electron chi connectivity index (χ3n) is 2.06. The molecule has 90 valence electrons. The Balaban J connectivity index is 2.39. The van der Waals surface area contributed by atoms with E-state index in [0.717, 1.165) is 12.3 Å². The number of hydrogen-bond donors (Lipinski definition) is 2. The van der Waals surface area contributed by atoms with Gasteiger partial charge in [0.2, 0.25) is 0 Å². The van der Waals surface area contributed by atoms with Gasteiger partial charge in [-0.1, -0.05) is 12.1 Å². The summed E-state index contributed by atoms with van der Waals surface area (Å²) in [7, 11) is 0. The average molecular weight is 223 g/mol. The highest BCUT2D eigenvalue weighted by molar-refractivity contribution is 5.27. The van der Waals surface area contributed by atoms with Crippen LogP contribution in [0.2, 0.25) is 0 Å². The summed E-state index contributed by atoms with van der Waals surface area (Å²) < 4.78 is 5.55. The van der Waals surface area contributed by atoms with Gasteiger partial charge < -0.3 is 15.2 Å². The minimum atomic E-state index is -0.302. The summed E-state index contributed by atoms with van der Waals surface area (Å²) in [4.78, 5) is 0. The molecule has 0 bridgehead atoms. The van der Waals surface area contributed by atoms with Crippen LogP contribution in [-0.4, -0.2) is 23.9 Å². The van der Waals surface area contributed by atoms with Crippen molar-refractivity contribution < 1.29 is 9.84 Å². The summed E-state index contributed by atoms with van der Waals surface area (Å²) in [6.45, 7) is 7.18. The highest BCUT2D eigenvalue weighted by atomic mass is 16.5. The second kappa shape index (κ2) is 6.51. The second-order valence-electron chi connectivity index (χ2n) is 4.29. The number of aliphatic hydroxyl groups excluding tert-OH is 1. The molecule has 0 aromatic heterocycles.